The molecule has 1 N–H and O–H groups in total. The van der Waals surface area contributed by atoms with Crippen molar-refractivity contribution in [2.45, 2.75) is 18.7 Å². The lowest BCUT2D eigenvalue weighted by Crippen LogP contribution is -2.45. The van der Waals surface area contributed by atoms with E-state index in [-0.39, 0.29) is 17.3 Å². The Kier molecular flexibility index (Phi) is 7.47. The summed E-state index contributed by atoms with van der Waals surface area (Å²) in [5.74, 6) is -0.330. The van der Waals surface area contributed by atoms with Gasteiger partial charge in [-0.3, -0.25) is 14.0 Å². The number of benzene rings is 2. The third kappa shape index (κ3) is 5.38. The van der Waals surface area contributed by atoms with Crippen LogP contribution in [0, 0.1) is 13.8 Å². The summed E-state index contributed by atoms with van der Waals surface area (Å²) in [6.45, 7) is 7.77. The summed E-state index contributed by atoms with van der Waals surface area (Å²) in [6, 6.07) is 13.7. The van der Waals surface area contributed by atoms with Gasteiger partial charge < -0.3 is 10.1 Å². The average Bonchev–Trinajstić information content (AvgIpc) is 2.75. The Hall–Kier alpha value is -2.42. The van der Waals surface area contributed by atoms with Gasteiger partial charge in [0.2, 0.25) is 5.91 Å². The lowest BCUT2D eigenvalue weighted by Gasteiger charge is -2.28. The van der Waals surface area contributed by atoms with Crippen LogP contribution in [0.25, 0.3) is 0 Å². The number of sulfonamides is 1. The molecule has 0 aromatic heterocycles. The van der Waals surface area contributed by atoms with Gasteiger partial charge in [-0.25, -0.2) is 8.42 Å². The number of amides is 1. The van der Waals surface area contributed by atoms with E-state index in [1.807, 2.05) is 26.0 Å². The molecule has 0 aliphatic carbocycles. The quantitative estimate of drug-likeness (QED) is 0.691. The molecular formula is C22H29N3O4S. The second-order valence-corrected chi connectivity index (χ2v) is 9.21. The molecule has 0 unspecified atom stereocenters. The number of nitrogens with zero attached hydrogens (tertiary/aromatic N) is 2. The van der Waals surface area contributed by atoms with Crippen LogP contribution < -0.4 is 9.62 Å². The van der Waals surface area contributed by atoms with Gasteiger partial charge in [0, 0.05) is 26.2 Å². The van der Waals surface area contributed by atoms with Gasteiger partial charge in [0.1, 0.15) is 6.54 Å². The Labute approximate surface area is 178 Å². The maximum absolute atomic E-state index is 13.4. The fraction of sp³-hybridized carbons (Fsp3) is 0.409. The van der Waals surface area contributed by atoms with Crippen LogP contribution in [0.15, 0.2) is 53.4 Å². The van der Waals surface area contributed by atoms with E-state index >= 15 is 0 Å². The number of morpholine rings is 1. The van der Waals surface area contributed by atoms with Gasteiger partial charge in [0.05, 0.1) is 23.8 Å². The Bertz CT molecular complexity index is 958. The Morgan fingerprint density at radius 1 is 1.07 bits per heavy atom. The second-order valence-electron chi connectivity index (χ2n) is 7.35. The summed E-state index contributed by atoms with van der Waals surface area (Å²) < 4.78 is 33.3. The first kappa shape index (κ1) is 22.3. The number of nitrogens with one attached hydrogen (secondary N) is 1. The van der Waals surface area contributed by atoms with Crippen molar-refractivity contribution < 1.29 is 17.9 Å². The molecule has 1 aliphatic heterocycles. The van der Waals surface area contributed by atoms with Gasteiger partial charge in [-0.2, -0.15) is 0 Å². The maximum Gasteiger partial charge on any atom is 0.264 e. The average molecular weight is 432 g/mol. The molecule has 162 valence electrons. The van der Waals surface area contributed by atoms with Crippen LogP contribution in [0.5, 0.6) is 0 Å². The minimum atomic E-state index is -3.89. The molecule has 1 fully saturated rings. The molecule has 1 heterocycles. The molecule has 7 nitrogen and oxygen atoms in total. The van der Waals surface area contributed by atoms with Crippen LogP contribution in [0.4, 0.5) is 5.69 Å². The molecule has 0 spiro atoms. The van der Waals surface area contributed by atoms with Crippen LogP contribution in [0.1, 0.15) is 11.1 Å². The first-order chi connectivity index (χ1) is 14.4. The molecule has 0 atom stereocenters. The van der Waals surface area contributed by atoms with E-state index in [1.54, 1.807) is 36.4 Å². The van der Waals surface area contributed by atoms with Crippen molar-refractivity contribution in [1.82, 2.24) is 10.2 Å². The highest BCUT2D eigenvalue weighted by atomic mass is 32.2. The minimum Gasteiger partial charge on any atom is -0.379 e. The second kappa shape index (κ2) is 10.1. The van der Waals surface area contributed by atoms with Crippen LogP contribution in [-0.4, -0.2) is 65.2 Å². The van der Waals surface area contributed by atoms with Crippen molar-refractivity contribution in [3.63, 3.8) is 0 Å². The summed E-state index contributed by atoms with van der Waals surface area (Å²) in [5.41, 5.74) is 2.31. The van der Waals surface area contributed by atoms with E-state index < -0.39 is 10.0 Å². The van der Waals surface area contributed by atoms with Gasteiger partial charge in [-0.1, -0.05) is 30.3 Å². The normalized spacial score (nSPS) is 15.0. The fourth-order valence-electron chi connectivity index (χ4n) is 3.39. The van der Waals surface area contributed by atoms with Gasteiger partial charge in [-0.05, 0) is 43.2 Å². The van der Waals surface area contributed by atoms with Crippen LogP contribution in [-0.2, 0) is 19.6 Å². The SMILES string of the molecule is Cc1cccc(N(CC(=O)NCCN2CCOCC2)S(=O)(=O)c2ccccc2)c1C. The predicted molar refractivity (Wildman–Crippen MR) is 117 cm³/mol. The van der Waals surface area contributed by atoms with E-state index in [0.29, 0.717) is 32.0 Å². The lowest BCUT2D eigenvalue weighted by molar-refractivity contribution is -0.119. The summed E-state index contributed by atoms with van der Waals surface area (Å²) in [6.07, 6.45) is 0. The van der Waals surface area contributed by atoms with Gasteiger partial charge in [-0.15, -0.1) is 0 Å². The van der Waals surface area contributed by atoms with Gasteiger partial charge >= 0.3 is 0 Å². The largest absolute Gasteiger partial charge is 0.379 e. The number of carbonyl (C=O) groups is 1. The summed E-state index contributed by atoms with van der Waals surface area (Å²) in [4.78, 5) is 15.1. The summed E-state index contributed by atoms with van der Waals surface area (Å²) in [5, 5.41) is 2.86. The summed E-state index contributed by atoms with van der Waals surface area (Å²) in [7, 11) is -3.89. The number of hydrogen-bond donors (Lipinski definition) is 1. The van der Waals surface area contributed by atoms with E-state index in [9.17, 15) is 13.2 Å². The molecule has 8 heteroatoms. The lowest BCUT2D eigenvalue weighted by atomic mass is 10.1. The number of ether oxygens (including phenoxy) is 1. The molecule has 0 saturated carbocycles. The third-order valence-corrected chi connectivity index (χ3v) is 7.09. The number of aryl methyl sites for hydroxylation is 1. The Morgan fingerprint density at radius 2 is 1.77 bits per heavy atom. The van der Waals surface area contributed by atoms with Crippen molar-refractivity contribution in [2.24, 2.45) is 0 Å². The first-order valence-corrected chi connectivity index (χ1v) is 11.5. The van der Waals surface area contributed by atoms with E-state index in [1.165, 1.54) is 4.31 Å². The maximum atomic E-state index is 13.4. The minimum absolute atomic E-state index is 0.159. The Morgan fingerprint density at radius 3 is 2.47 bits per heavy atom. The number of anilines is 1. The zero-order valence-electron chi connectivity index (χ0n) is 17.5. The topological polar surface area (TPSA) is 79.0 Å². The van der Waals surface area contributed by atoms with Gasteiger partial charge in [0.15, 0.2) is 0 Å². The molecule has 2 aromatic rings. The van der Waals surface area contributed by atoms with Crippen molar-refractivity contribution in [3.05, 3.63) is 59.7 Å². The number of hydrogen-bond acceptors (Lipinski definition) is 5. The van der Waals surface area contributed by atoms with E-state index in [4.69, 9.17) is 4.74 Å². The molecular weight excluding hydrogens is 402 g/mol. The first-order valence-electron chi connectivity index (χ1n) is 10.1. The zero-order valence-corrected chi connectivity index (χ0v) is 18.3. The molecule has 30 heavy (non-hydrogen) atoms. The monoisotopic (exact) mass is 431 g/mol. The predicted octanol–water partition coefficient (Wildman–Crippen LogP) is 1.95. The molecule has 0 bridgehead atoms. The third-order valence-electron chi connectivity index (χ3n) is 5.32. The van der Waals surface area contributed by atoms with Crippen LogP contribution in [0.3, 0.4) is 0 Å². The van der Waals surface area contributed by atoms with Gasteiger partial charge in [0.25, 0.3) is 10.0 Å². The van der Waals surface area contributed by atoms with E-state index in [2.05, 4.69) is 10.2 Å². The highest BCUT2D eigenvalue weighted by molar-refractivity contribution is 7.92. The molecule has 0 radical (unpaired) electrons. The summed E-state index contributed by atoms with van der Waals surface area (Å²) >= 11 is 0. The number of rotatable bonds is 8. The zero-order chi connectivity index (χ0) is 21.6. The highest BCUT2D eigenvalue weighted by Gasteiger charge is 2.28. The molecule has 3 rings (SSSR count). The van der Waals surface area contributed by atoms with Crippen molar-refractivity contribution in [1.29, 1.82) is 0 Å². The smallest absolute Gasteiger partial charge is 0.264 e. The standard InChI is InChI=1S/C22H29N3O4S/c1-18-7-6-10-21(19(18)2)25(30(27,28)20-8-4-3-5-9-20)17-22(26)23-11-12-24-13-15-29-16-14-24/h3-10H,11-17H2,1-2H3,(H,23,26). The van der Waals surface area contributed by atoms with Crippen LogP contribution >= 0.6 is 0 Å². The van der Waals surface area contributed by atoms with E-state index in [0.717, 1.165) is 24.2 Å². The Balaban J connectivity index is 1.78. The molecule has 2 aromatic carbocycles. The fourth-order valence-corrected chi connectivity index (χ4v) is 4.89. The van der Waals surface area contributed by atoms with Crippen molar-refractivity contribution in [2.75, 3.05) is 50.2 Å². The van der Waals surface area contributed by atoms with Crippen molar-refractivity contribution in [3.8, 4) is 0 Å². The number of carbonyl (C=O) groups excluding carboxylic acids is 1. The van der Waals surface area contributed by atoms with Crippen LogP contribution in [0.2, 0.25) is 0 Å². The van der Waals surface area contributed by atoms with Crippen molar-refractivity contribution >= 4 is 21.6 Å². The molecule has 1 saturated heterocycles. The molecule has 1 amide bonds. The molecule has 1 aliphatic rings. The highest BCUT2D eigenvalue weighted by Crippen LogP contribution is 2.28.